The summed E-state index contributed by atoms with van der Waals surface area (Å²) < 4.78 is 1.68. The maximum absolute atomic E-state index is 11.9. The minimum Gasteiger partial charge on any atom is -0.481 e. The monoisotopic (exact) mass is 266 g/mol. The van der Waals surface area contributed by atoms with Crippen LogP contribution in [0.2, 0.25) is 0 Å². The van der Waals surface area contributed by atoms with Crippen LogP contribution in [0.25, 0.3) is 0 Å². The summed E-state index contributed by atoms with van der Waals surface area (Å²) in [4.78, 5) is 24.2. The quantitative estimate of drug-likeness (QED) is 0.827. The van der Waals surface area contributed by atoms with Gasteiger partial charge in [0.05, 0.1) is 6.20 Å². The van der Waals surface area contributed by atoms with Crippen molar-refractivity contribution in [1.29, 1.82) is 0 Å². The molecule has 0 radical (unpaired) electrons. The molecule has 7 nitrogen and oxygen atoms in total. The van der Waals surface area contributed by atoms with E-state index in [0.717, 1.165) is 12.0 Å². The Balaban J connectivity index is 1.76. The Morgan fingerprint density at radius 1 is 1.58 bits per heavy atom. The van der Waals surface area contributed by atoms with E-state index in [2.05, 4.69) is 10.4 Å². The van der Waals surface area contributed by atoms with Crippen molar-refractivity contribution in [3.63, 3.8) is 0 Å². The summed E-state index contributed by atoms with van der Waals surface area (Å²) in [6.45, 7) is 1.58. The zero-order valence-corrected chi connectivity index (χ0v) is 10.9. The van der Waals surface area contributed by atoms with E-state index < -0.39 is 5.97 Å². The van der Waals surface area contributed by atoms with Crippen LogP contribution in [-0.2, 0) is 18.4 Å². The van der Waals surface area contributed by atoms with E-state index in [1.807, 2.05) is 13.2 Å². The van der Waals surface area contributed by atoms with Crippen molar-refractivity contribution in [2.24, 2.45) is 13.0 Å². The lowest BCUT2D eigenvalue weighted by molar-refractivity contribution is -0.138. The van der Waals surface area contributed by atoms with Gasteiger partial charge in [-0.1, -0.05) is 0 Å². The molecule has 0 saturated carbocycles. The van der Waals surface area contributed by atoms with Gasteiger partial charge in [-0.3, -0.25) is 9.48 Å². The van der Waals surface area contributed by atoms with Gasteiger partial charge in [-0.2, -0.15) is 5.10 Å². The Hall–Kier alpha value is -2.05. The number of nitrogens with one attached hydrogen (secondary N) is 1. The Morgan fingerprint density at radius 2 is 2.37 bits per heavy atom. The van der Waals surface area contributed by atoms with E-state index >= 15 is 0 Å². The molecule has 0 spiro atoms. The highest BCUT2D eigenvalue weighted by Gasteiger charge is 2.27. The predicted molar refractivity (Wildman–Crippen MR) is 67.4 cm³/mol. The number of aliphatic carboxylic acids is 1. The number of amides is 2. The molecule has 1 aromatic heterocycles. The summed E-state index contributed by atoms with van der Waals surface area (Å²) in [5.41, 5.74) is 0.942. The van der Waals surface area contributed by atoms with E-state index in [-0.39, 0.29) is 18.4 Å². The Labute approximate surface area is 111 Å². The number of carbonyl (C=O) groups is 2. The fourth-order valence-electron chi connectivity index (χ4n) is 2.28. The van der Waals surface area contributed by atoms with Gasteiger partial charge < -0.3 is 15.3 Å². The Kier molecular flexibility index (Phi) is 4.03. The number of carbonyl (C=O) groups excluding carboxylic acids is 1. The molecule has 1 unspecified atom stereocenters. The first-order chi connectivity index (χ1) is 9.04. The van der Waals surface area contributed by atoms with Crippen LogP contribution in [0, 0.1) is 5.92 Å². The summed E-state index contributed by atoms with van der Waals surface area (Å²) in [6, 6.07) is -0.142. The summed E-state index contributed by atoms with van der Waals surface area (Å²) in [7, 11) is 1.82. The maximum atomic E-state index is 11.9. The molecule has 0 aromatic carbocycles. The van der Waals surface area contributed by atoms with Crippen LogP contribution in [0.3, 0.4) is 0 Å². The lowest BCUT2D eigenvalue weighted by Crippen LogP contribution is -2.38. The molecule has 1 fully saturated rings. The fourth-order valence-corrected chi connectivity index (χ4v) is 2.28. The van der Waals surface area contributed by atoms with Gasteiger partial charge in [0.2, 0.25) is 0 Å². The average Bonchev–Trinajstić information content (AvgIpc) is 2.95. The molecule has 2 N–H and O–H groups in total. The molecule has 1 aromatic rings. The number of hydrogen-bond donors (Lipinski definition) is 2. The van der Waals surface area contributed by atoms with Crippen LogP contribution in [0.5, 0.6) is 0 Å². The number of likely N-dealkylation sites (tertiary alicyclic amines) is 1. The van der Waals surface area contributed by atoms with Gasteiger partial charge in [0, 0.05) is 44.9 Å². The minimum absolute atomic E-state index is 0.0710. The van der Waals surface area contributed by atoms with Crippen LogP contribution >= 0.6 is 0 Å². The van der Waals surface area contributed by atoms with Crippen LogP contribution in [0.4, 0.5) is 4.79 Å². The van der Waals surface area contributed by atoms with E-state index in [1.165, 1.54) is 0 Å². The van der Waals surface area contributed by atoms with Gasteiger partial charge in [-0.05, 0) is 12.3 Å². The van der Waals surface area contributed by atoms with Crippen molar-refractivity contribution in [2.45, 2.75) is 19.4 Å². The second-order valence-electron chi connectivity index (χ2n) is 4.88. The molecule has 2 heterocycles. The fraction of sp³-hybridized carbons (Fsp3) is 0.583. The first kappa shape index (κ1) is 13.4. The number of carboxylic acid groups (broad SMARTS) is 1. The molecule has 1 atom stereocenters. The van der Waals surface area contributed by atoms with Gasteiger partial charge >= 0.3 is 12.0 Å². The lowest BCUT2D eigenvalue weighted by atomic mass is 10.1. The van der Waals surface area contributed by atoms with Crippen molar-refractivity contribution < 1.29 is 14.7 Å². The number of rotatable bonds is 4. The third-order valence-corrected chi connectivity index (χ3v) is 3.24. The molecule has 2 rings (SSSR count). The summed E-state index contributed by atoms with van der Waals surface area (Å²) in [5, 5.41) is 15.6. The molecular weight excluding hydrogens is 248 g/mol. The predicted octanol–water partition coefficient (Wildman–Crippen LogP) is 0.426. The van der Waals surface area contributed by atoms with Gasteiger partial charge in [0.1, 0.15) is 0 Å². The molecular formula is C12H18N4O3. The highest BCUT2D eigenvalue weighted by molar-refractivity contribution is 5.74. The highest BCUT2D eigenvalue weighted by Crippen LogP contribution is 2.19. The van der Waals surface area contributed by atoms with Crippen molar-refractivity contribution >= 4 is 12.0 Å². The summed E-state index contributed by atoms with van der Waals surface area (Å²) >= 11 is 0. The van der Waals surface area contributed by atoms with E-state index in [1.54, 1.807) is 15.8 Å². The third kappa shape index (κ3) is 3.70. The second kappa shape index (κ2) is 5.73. The largest absolute Gasteiger partial charge is 0.481 e. The maximum Gasteiger partial charge on any atom is 0.317 e. The van der Waals surface area contributed by atoms with Gasteiger partial charge in [-0.15, -0.1) is 0 Å². The van der Waals surface area contributed by atoms with Gasteiger partial charge in [0.25, 0.3) is 0 Å². The van der Waals surface area contributed by atoms with Crippen LogP contribution < -0.4 is 5.32 Å². The Bertz CT molecular complexity index is 471. The number of nitrogens with zero attached hydrogens (tertiary/aromatic N) is 3. The molecule has 104 valence electrons. The lowest BCUT2D eigenvalue weighted by Gasteiger charge is -2.16. The van der Waals surface area contributed by atoms with Crippen LogP contribution in [0.1, 0.15) is 18.4 Å². The van der Waals surface area contributed by atoms with Crippen LogP contribution in [0.15, 0.2) is 12.4 Å². The smallest absolute Gasteiger partial charge is 0.317 e. The van der Waals surface area contributed by atoms with Crippen molar-refractivity contribution in [3.8, 4) is 0 Å². The molecule has 0 aliphatic carbocycles. The number of aryl methyl sites for hydroxylation is 1. The van der Waals surface area contributed by atoms with Crippen molar-refractivity contribution in [1.82, 2.24) is 20.0 Å². The first-order valence-electron chi connectivity index (χ1n) is 6.26. The molecule has 1 aliphatic rings. The minimum atomic E-state index is -0.803. The van der Waals surface area contributed by atoms with E-state index in [0.29, 0.717) is 19.6 Å². The summed E-state index contributed by atoms with van der Waals surface area (Å²) in [5.74, 6) is -0.732. The normalized spacial score (nSPS) is 18.6. The van der Waals surface area contributed by atoms with Gasteiger partial charge in [-0.25, -0.2) is 4.79 Å². The molecule has 1 saturated heterocycles. The molecule has 19 heavy (non-hydrogen) atoms. The van der Waals surface area contributed by atoms with Crippen molar-refractivity contribution in [2.75, 3.05) is 13.1 Å². The van der Waals surface area contributed by atoms with Gasteiger partial charge in [0.15, 0.2) is 0 Å². The average molecular weight is 266 g/mol. The van der Waals surface area contributed by atoms with Crippen molar-refractivity contribution in [3.05, 3.63) is 18.0 Å². The second-order valence-corrected chi connectivity index (χ2v) is 4.88. The van der Waals surface area contributed by atoms with Crippen LogP contribution in [-0.4, -0.2) is 44.9 Å². The SMILES string of the molecule is Cn1cc(CNC(=O)N2CCC(CC(=O)O)C2)cn1. The topological polar surface area (TPSA) is 87.5 Å². The standard InChI is InChI=1S/C12H18N4O3/c1-15-7-10(6-14-15)5-13-12(19)16-3-2-9(8-16)4-11(17)18/h6-7,9H,2-5,8H2,1H3,(H,13,19)(H,17,18). The van der Waals surface area contributed by atoms with E-state index in [9.17, 15) is 9.59 Å². The number of hydrogen-bond acceptors (Lipinski definition) is 3. The van der Waals surface area contributed by atoms with E-state index in [4.69, 9.17) is 5.11 Å². The highest BCUT2D eigenvalue weighted by atomic mass is 16.4. The Morgan fingerprint density at radius 3 is 3.00 bits per heavy atom. The first-order valence-corrected chi connectivity index (χ1v) is 6.26. The zero-order chi connectivity index (χ0) is 13.8. The zero-order valence-electron chi connectivity index (χ0n) is 10.9. The molecule has 7 heteroatoms. The number of aromatic nitrogens is 2. The number of carboxylic acids is 1. The summed E-state index contributed by atoms with van der Waals surface area (Å²) in [6.07, 6.45) is 4.44. The molecule has 0 bridgehead atoms. The number of urea groups is 1. The third-order valence-electron chi connectivity index (χ3n) is 3.24. The molecule has 2 amide bonds. The molecule has 1 aliphatic heterocycles.